The molecule has 0 saturated heterocycles. The number of hydrogen-bond acceptors (Lipinski definition) is 2. The van der Waals surface area contributed by atoms with Crippen molar-refractivity contribution < 1.29 is 4.39 Å². The van der Waals surface area contributed by atoms with E-state index in [-0.39, 0.29) is 5.82 Å². The Hall–Kier alpha value is -1.19. The molecule has 0 amide bonds. The second-order valence-electron chi connectivity index (χ2n) is 6.00. The van der Waals surface area contributed by atoms with Crippen LogP contribution >= 0.6 is 11.3 Å². The molecule has 1 atom stereocenters. The first-order chi connectivity index (χ1) is 10.3. The van der Waals surface area contributed by atoms with Gasteiger partial charge in [0, 0.05) is 10.9 Å². The Kier molecular flexibility index (Phi) is 5.04. The number of rotatable bonds is 8. The fraction of sp³-hybridized carbons (Fsp3) is 0.444. The van der Waals surface area contributed by atoms with Crippen LogP contribution in [-0.2, 0) is 12.8 Å². The molecule has 1 fully saturated rings. The van der Waals surface area contributed by atoms with Crippen LogP contribution in [0, 0.1) is 11.7 Å². The first-order valence-corrected chi connectivity index (χ1v) is 8.68. The third kappa shape index (κ3) is 4.94. The highest BCUT2D eigenvalue weighted by molar-refractivity contribution is 7.09. The Morgan fingerprint density at radius 1 is 1.24 bits per heavy atom. The van der Waals surface area contributed by atoms with Gasteiger partial charge in [-0.05, 0) is 73.7 Å². The molecule has 1 aromatic carbocycles. The monoisotopic (exact) mass is 303 g/mol. The van der Waals surface area contributed by atoms with Gasteiger partial charge in [-0.3, -0.25) is 0 Å². The minimum absolute atomic E-state index is 0.125. The maximum absolute atomic E-state index is 13.3. The normalized spacial score (nSPS) is 16.0. The highest BCUT2D eigenvalue weighted by atomic mass is 32.1. The summed E-state index contributed by atoms with van der Waals surface area (Å²) in [6, 6.07) is 12.1. The summed E-state index contributed by atoms with van der Waals surface area (Å²) in [4.78, 5) is 1.45. The number of benzene rings is 1. The van der Waals surface area contributed by atoms with Crippen LogP contribution < -0.4 is 5.32 Å². The molecule has 1 saturated carbocycles. The summed E-state index contributed by atoms with van der Waals surface area (Å²) < 4.78 is 13.3. The maximum atomic E-state index is 13.3. The zero-order valence-electron chi connectivity index (χ0n) is 12.2. The largest absolute Gasteiger partial charge is 0.314 e. The van der Waals surface area contributed by atoms with Crippen molar-refractivity contribution in [2.45, 2.75) is 38.1 Å². The van der Waals surface area contributed by atoms with Crippen LogP contribution in [0.3, 0.4) is 0 Å². The molecular weight excluding hydrogens is 281 g/mol. The van der Waals surface area contributed by atoms with Gasteiger partial charge in [0.05, 0.1) is 0 Å². The Labute approximate surface area is 130 Å². The van der Waals surface area contributed by atoms with Gasteiger partial charge < -0.3 is 5.32 Å². The van der Waals surface area contributed by atoms with E-state index in [2.05, 4.69) is 22.8 Å². The first kappa shape index (κ1) is 14.7. The van der Waals surface area contributed by atoms with Crippen LogP contribution in [-0.4, -0.2) is 12.6 Å². The van der Waals surface area contributed by atoms with E-state index in [0.29, 0.717) is 5.92 Å². The van der Waals surface area contributed by atoms with Crippen LogP contribution in [0.1, 0.15) is 29.7 Å². The Bertz CT molecular complexity index is 548. The van der Waals surface area contributed by atoms with E-state index < -0.39 is 0 Å². The van der Waals surface area contributed by atoms with E-state index in [0.717, 1.165) is 37.4 Å². The fourth-order valence-electron chi connectivity index (χ4n) is 2.70. The molecule has 1 aliphatic rings. The summed E-state index contributed by atoms with van der Waals surface area (Å²) in [7, 11) is 0. The lowest BCUT2D eigenvalue weighted by atomic mass is 9.94. The van der Waals surface area contributed by atoms with Crippen LogP contribution in [0.15, 0.2) is 41.8 Å². The van der Waals surface area contributed by atoms with E-state index in [1.165, 1.54) is 23.8 Å². The number of aryl methyl sites for hydroxylation is 1. The summed E-state index contributed by atoms with van der Waals surface area (Å²) in [5.74, 6) is 0.453. The van der Waals surface area contributed by atoms with Gasteiger partial charge in [0.1, 0.15) is 5.82 Å². The van der Waals surface area contributed by atoms with Crippen molar-refractivity contribution in [2.75, 3.05) is 6.54 Å². The van der Waals surface area contributed by atoms with Crippen LogP contribution in [0.5, 0.6) is 0 Å². The molecule has 1 aliphatic carbocycles. The van der Waals surface area contributed by atoms with Gasteiger partial charge in [-0.1, -0.05) is 18.2 Å². The molecule has 3 rings (SSSR count). The first-order valence-electron chi connectivity index (χ1n) is 7.80. The van der Waals surface area contributed by atoms with Gasteiger partial charge in [-0.2, -0.15) is 0 Å². The lowest BCUT2D eigenvalue weighted by molar-refractivity contribution is 0.442. The Morgan fingerprint density at radius 2 is 2.14 bits per heavy atom. The molecule has 0 aliphatic heterocycles. The summed E-state index contributed by atoms with van der Waals surface area (Å²) in [5, 5.41) is 5.77. The minimum atomic E-state index is -0.125. The van der Waals surface area contributed by atoms with Crippen LogP contribution in [0.2, 0.25) is 0 Å². The lowest BCUT2D eigenvalue weighted by Gasteiger charge is -2.17. The molecule has 1 N–H and O–H groups in total. The number of nitrogens with one attached hydrogen (secondary N) is 1. The van der Waals surface area contributed by atoms with Crippen molar-refractivity contribution in [3.63, 3.8) is 0 Å². The van der Waals surface area contributed by atoms with E-state index in [1.54, 1.807) is 6.07 Å². The molecule has 112 valence electrons. The molecule has 1 unspecified atom stereocenters. The van der Waals surface area contributed by atoms with Gasteiger partial charge in [-0.15, -0.1) is 11.3 Å². The molecule has 0 bridgehead atoms. The van der Waals surface area contributed by atoms with E-state index in [9.17, 15) is 4.39 Å². The molecule has 1 heterocycles. The van der Waals surface area contributed by atoms with Crippen molar-refractivity contribution in [1.29, 1.82) is 0 Å². The molecule has 1 nitrogen and oxygen atoms in total. The van der Waals surface area contributed by atoms with Gasteiger partial charge >= 0.3 is 0 Å². The van der Waals surface area contributed by atoms with Crippen molar-refractivity contribution >= 4 is 11.3 Å². The second kappa shape index (κ2) is 7.19. The summed E-state index contributed by atoms with van der Waals surface area (Å²) >= 11 is 1.83. The molecule has 2 aromatic rings. The predicted octanol–water partition coefficient (Wildman–Crippen LogP) is 4.43. The van der Waals surface area contributed by atoms with Crippen molar-refractivity contribution in [1.82, 2.24) is 5.32 Å². The van der Waals surface area contributed by atoms with E-state index >= 15 is 0 Å². The third-order valence-electron chi connectivity index (χ3n) is 4.07. The quantitative estimate of drug-likeness (QED) is 0.760. The average molecular weight is 303 g/mol. The standard InChI is InChI=1S/C18H22FNS/c19-16-4-1-3-14(12-16)11-15(13-20-17-7-8-17)6-9-18-5-2-10-21-18/h1-5,10,12,15,17,20H,6-9,11,13H2. The molecule has 1 aromatic heterocycles. The topological polar surface area (TPSA) is 12.0 Å². The Morgan fingerprint density at radius 3 is 2.86 bits per heavy atom. The predicted molar refractivity (Wildman–Crippen MR) is 87.3 cm³/mol. The number of thiophene rings is 1. The van der Waals surface area contributed by atoms with Crippen molar-refractivity contribution in [3.05, 3.63) is 58.0 Å². The average Bonchev–Trinajstić information content (AvgIpc) is 3.16. The number of hydrogen-bond donors (Lipinski definition) is 1. The summed E-state index contributed by atoms with van der Waals surface area (Å²) in [6.45, 7) is 1.05. The molecule has 3 heteroatoms. The second-order valence-corrected chi connectivity index (χ2v) is 7.03. The van der Waals surface area contributed by atoms with Crippen molar-refractivity contribution in [2.24, 2.45) is 5.92 Å². The fourth-order valence-corrected chi connectivity index (χ4v) is 3.42. The van der Waals surface area contributed by atoms with Crippen molar-refractivity contribution in [3.8, 4) is 0 Å². The molecular formula is C18H22FNS. The number of halogens is 1. The summed E-state index contributed by atoms with van der Waals surface area (Å²) in [6.07, 6.45) is 5.89. The van der Waals surface area contributed by atoms with Crippen LogP contribution in [0.25, 0.3) is 0 Å². The van der Waals surface area contributed by atoms with Crippen LogP contribution in [0.4, 0.5) is 4.39 Å². The zero-order valence-corrected chi connectivity index (χ0v) is 13.0. The van der Waals surface area contributed by atoms with E-state index in [1.807, 2.05) is 23.5 Å². The lowest BCUT2D eigenvalue weighted by Crippen LogP contribution is -2.26. The highest BCUT2D eigenvalue weighted by Crippen LogP contribution is 2.22. The highest BCUT2D eigenvalue weighted by Gasteiger charge is 2.22. The summed E-state index contributed by atoms with van der Waals surface area (Å²) in [5.41, 5.74) is 1.11. The zero-order chi connectivity index (χ0) is 14.5. The van der Waals surface area contributed by atoms with Gasteiger partial charge in [0.25, 0.3) is 0 Å². The molecule has 21 heavy (non-hydrogen) atoms. The molecule has 0 spiro atoms. The minimum Gasteiger partial charge on any atom is -0.314 e. The Balaban J connectivity index is 1.57. The molecule has 0 radical (unpaired) electrons. The third-order valence-corrected chi connectivity index (χ3v) is 5.00. The van der Waals surface area contributed by atoms with Gasteiger partial charge in [-0.25, -0.2) is 4.39 Å². The van der Waals surface area contributed by atoms with E-state index in [4.69, 9.17) is 0 Å². The van der Waals surface area contributed by atoms with Gasteiger partial charge in [0.15, 0.2) is 0 Å². The van der Waals surface area contributed by atoms with Gasteiger partial charge in [0.2, 0.25) is 0 Å². The maximum Gasteiger partial charge on any atom is 0.123 e. The SMILES string of the molecule is Fc1cccc(CC(CCc2cccs2)CNC2CC2)c1. The smallest absolute Gasteiger partial charge is 0.123 e.